The second-order valence-electron chi connectivity index (χ2n) is 6.77. The molecule has 0 saturated carbocycles. The SMILES string of the molecule is O=C(Nc1cnc2n1CCCC2)[C@H]1CCCN1Cc1ccccc1. The number of imidazole rings is 1. The van der Waals surface area contributed by atoms with Gasteiger partial charge in [-0.15, -0.1) is 0 Å². The minimum absolute atomic E-state index is 0.0417. The summed E-state index contributed by atoms with van der Waals surface area (Å²) in [5, 5.41) is 3.13. The molecule has 1 aromatic carbocycles. The number of aryl methyl sites for hydroxylation is 1. The molecular weight excluding hydrogens is 300 g/mol. The summed E-state index contributed by atoms with van der Waals surface area (Å²) >= 11 is 0. The first-order valence-corrected chi connectivity index (χ1v) is 8.94. The summed E-state index contributed by atoms with van der Waals surface area (Å²) in [5.41, 5.74) is 1.26. The number of rotatable bonds is 4. The summed E-state index contributed by atoms with van der Waals surface area (Å²) in [6.07, 6.45) is 7.19. The first-order chi connectivity index (χ1) is 11.8. The van der Waals surface area contributed by atoms with E-state index in [-0.39, 0.29) is 11.9 Å². The van der Waals surface area contributed by atoms with Gasteiger partial charge in [0.2, 0.25) is 5.91 Å². The van der Waals surface area contributed by atoms with Gasteiger partial charge in [-0.2, -0.15) is 0 Å². The molecule has 1 aromatic heterocycles. The van der Waals surface area contributed by atoms with Crippen LogP contribution in [0.15, 0.2) is 36.5 Å². The highest BCUT2D eigenvalue weighted by Crippen LogP contribution is 2.23. The van der Waals surface area contributed by atoms with Crippen LogP contribution in [0.5, 0.6) is 0 Å². The minimum Gasteiger partial charge on any atom is -0.315 e. The number of aromatic nitrogens is 2. The molecule has 3 heterocycles. The van der Waals surface area contributed by atoms with Crippen LogP contribution in [-0.4, -0.2) is 32.9 Å². The number of likely N-dealkylation sites (tertiary alicyclic amines) is 1. The van der Waals surface area contributed by atoms with E-state index in [2.05, 4.69) is 44.0 Å². The number of nitrogens with zero attached hydrogens (tertiary/aromatic N) is 3. The van der Waals surface area contributed by atoms with E-state index in [4.69, 9.17) is 0 Å². The largest absolute Gasteiger partial charge is 0.315 e. The van der Waals surface area contributed by atoms with Gasteiger partial charge >= 0.3 is 0 Å². The molecule has 1 saturated heterocycles. The first-order valence-electron chi connectivity index (χ1n) is 8.94. The summed E-state index contributed by atoms with van der Waals surface area (Å²) in [6, 6.07) is 10.3. The van der Waals surface area contributed by atoms with Gasteiger partial charge in [-0.25, -0.2) is 4.98 Å². The van der Waals surface area contributed by atoms with E-state index in [0.717, 1.165) is 57.0 Å². The number of fused-ring (bicyclic) bond motifs is 1. The van der Waals surface area contributed by atoms with E-state index in [1.54, 1.807) is 0 Å². The molecular formula is C19H24N4O. The Bertz CT molecular complexity index is 709. The van der Waals surface area contributed by atoms with Gasteiger partial charge in [-0.3, -0.25) is 9.69 Å². The van der Waals surface area contributed by atoms with Crippen LogP contribution in [-0.2, 0) is 24.3 Å². The van der Waals surface area contributed by atoms with Gasteiger partial charge < -0.3 is 9.88 Å². The van der Waals surface area contributed by atoms with Crippen molar-refractivity contribution < 1.29 is 4.79 Å². The summed E-state index contributed by atoms with van der Waals surface area (Å²) in [6.45, 7) is 2.78. The molecule has 0 unspecified atom stereocenters. The van der Waals surface area contributed by atoms with Crippen LogP contribution in [0.4, 0.5) is 5.82 Å². The number of hydrogen-bond acceptors (Lipinski definition) is 3. The summed E-state index contributed by atoms with van der Waals surface area (Å²) in [5.74, 6) is 2.07. The van der Waals surface area contributed by atoms with Gasteiger partial charge in [-0.1, -0.05) is 30.3 Å². The van der Waals surface area contributed by atoms with E-state index in [9.17, 15) is 4.79 Å². The van der Waals surface area contributed by atoms with Crippen molar-refractivity contribution in [2.45, 2.75) is 51.2 Å². The third-order valence-electron chi connectivity index (χ3n) is 5.12. The maximum Gasteiger partial charge on any atom is 0.242 e. The summed E-state index contributed by atoms with van der Waals surface area (Å²) < 4.78 is 2.16. The number of hydrogen-bond donors (Lipinski definition) is 1. The number of nitrogens with one attached hydrogen (secondary N) is 1. The lowest BCUT2D eigenvalue weighted by atomic mass is 10.1. The van der Waals surface area contributed by atoms with Crippen molar-refractivity contribution in [1.29, 1.82) is 0 Å². The molecule has 0 radical (unpaired) electrons. The maximum atomic E-state index is 12.8. The lowest BCUT2D eigenvalue weighted by molar-refractivity contribution is -0.120. The predicted octanol–water partition coefficient (Wildman–Crippen LogP) is 2.82. The molecule has 1 N–H and O–H groups in total. The van der Waals surface area contributed by atoms with Crippen LogP contribution in [0.2, 0.25) is 0 Å². The molecule has 24 heavy (non-hydrogen) atoms. The van der Waals surface area contributed by atoms with Crippen LogP contribution in [0.25, 0.3) is 0 Å². The van der Waals surface area contributed by atoms with Crippen LogP contribution in [0, 0.1) is 0 Å². The highest BCUT2D eigenvalue weighted by molar-refractivity contribution is 5.94. The zero-order valence-electron chi connectivity index (χ0n) is 13.9. The molecule has 5 heteroatoms. The van der Waals surface area contributed by atoms with Crippen molar-refractivity contribution in [3.8, 4) is 0 Å². The van der Waals surface area contributed by atoms with Gasteiger partial charge in [0.25, 0.3) is 0 Å². The fourth-order valence-electron chi connectivity index (χ4n) is 3.86. The number of carbonyl (C=O) groups is 1. The summed E-state index contributed by atoms with van der Waals surface area (Å²) in [7, 11) is 0. The Morgan fingerprint density at radius 3 is 2.92 bits per heavy atom. The van der Waals surface area contributed by atoms with Crippen LogP contribution in [0.1, 0.15) is 37.1 Å². The summed E-state index contributed by atoms with van der Waals surface area (Å²) in [4.78, 5) is 19.6. The van der Waals surface area contributed by atoms with Crippen molar-refractivity contribution in [2.24, 2.45) is 0 Å². The monoisotopic (exact) mass is 324 g/mol. The first kappa shape index (κ1) is 15.4. The zero-order valence-corrected chi connectivity index (χ0v) is 13.9. The predicted molar refractivity (Wildman–Crippen MR) is 93.7 cm³/mol. The molecule has 1 atom stereocenters. The number of benzene rings is 1. The Hall–Kier alpha value is -2.14. The molecule has 126 valence electrons. The Balaban J connectivity index is 1.44. The highest BCUT2D eigenvalue weighted by atomic mass is 16.2. The molecule has 2 aliphatic rings. The molecule has 1 amide bonds. The van der Waals surface area contributed by atoms with Crippen molar-refractivity contribution in [3.05, 3.63) is 47.9 Å². The zero-order chi connectivity index (χ0) is 16.4. The molecule has 2 aromatic rings. The number of amides is 1. The third kappa shape index (κ3) is 3.08. The van der Waals surface area contributed by atoms with E-state index >= 15 is 0 Å². The van der Waals surface area contributed by atoms with Gasteiger partial charge in [0, 0.05) is 19.5 Å². The Labute approximate surface area is 142 Å². The van der Waals surface area contributed by atoms with Crippen molar-refractivity contribution in [2.75, 3.05) is 11.9 Å². The smallest absolute Gasteiger partial charge is 0.242 e. The average Bonchev–Trinajstić information content (AvgIpc) is 3.23. The highest BCUT2D eigenvalue weighted by Gasteiger charge is 2.31. The maximum absolute atomic E-state index is 12.8. The Morgan fingerprint density at radius 2 is 2.04 bits per heavy atom. The fourth-order valence-corrected chi connectivity index (χ4v) is 3.86. The van der Waals surface area contributed by atoms with Crippen molar-refractivity contribution in [3.63, 3.8) is 0 Å². The normalized spacial score (nSPS) is 20.8. The lowest BCUT2D eigenvalue weighted by Gasteiger charge is -2.24. The molecule has 5 nitrogen and oxygen atoms in total. The standard InChI is InChI=1S/C19H24N4O/c24-19(21-18-13-20-17-10-4-5-12-23(17)18)16-9-6-11-22(16)14-15-7-2-1-3-8-15/h1-3,7-8,13,16H,4-6,9-12,14H2,(H,21,24)/t16-/m1/s1. The molecule has 0 aliphatic carbocycles. The van der Waals surface area contributed by atoms with Gasteiger partial charge in [0.15, 0.2) is 0 Å². The number of anilines is 1. The average molecular weight is 324 g/mol. The Kier molecular flexibility index (Phi) is 4.34. The van der Waals surface area contributed by atoms with Crippen LogP contribution >= 0.6 is 0 Å². The third-order valence-corrected chi connectivity index (χ3v) is 5.12. The quantitative estimate of drug-likeness (QED) is 0.941. The van der Waals surface area contributed by atoms with Gasteiger partial charge in [0.1, 0.15) is 11.6 Å². The molecule has 2 aliphatic heterocycles. The van der Waals surface area contributed by atoms with Crippen molar-refractivity contribution >= 4 is 11.7 Å². The Morgan fingerprint density at radius 1 is 1.17 bits per heavy atom. The van der Waals surface area contributed by atoms with Crippen LogP contribution in [0.3, 0.4) is 0 Å². The molecule has 4 rings (SSSR count). The van der Waals surface area contributed by atoms with E-state index < -0.39 is 0 Å². The number of carbonyl (C=O) groups excluding carboxylic acids is 1. The fraction of sp³-hybridized carbons (Fsp3) is 0.474. The lowest BCUT2D eigenvalue weighted by Crippen LogP contribution is -2.39. The van der Waals surface area contributed by atoms with Gasteiger partial charge in [-0.05, 0) is 37.8 Å². The second-order valence-corrected chi connectivity index (χ2v) is 6.77. The molecule has 0 bridgehead atoms. The van der Waals surface area contributed by atoms with E-state index in [1.165, 1.54) is 12.0 Å². The van der Waals surface area contributed by atoms with Crippen LogP contribution < -0.4 is 5.32 Å². The topological polar surface area (TPSA) is 50.2 Å². The molecule has 0 spiro atoms. The molecule has 1 fully saturated rings. The van der Waals surface area contributed by atoms with E-state index in [0.29, 0.717) is 0 Å². The van der Waals surface area contributed by atoms with Crippen molar-refractivity contribution in [1.82, 2.24) is 14.5 Å². The van der Waals surface area contributed by atoms with E-state index in [1.807, 2.05) is 12.3 Å². The second kappa shape index (κ2) is 6.77. The van der Waals surface area contributed by atoms with Gasteiger partial charge in [0.05, 0.1) is 12.2 Å². The minimum atomic E-state index is -0.0417.